The molecule has 0 aromatic heterocycles. The molecule has 0 heterocycles. The zero-order valence-corrected chi connectivity index (χ0v) is 33.7. The molecule has 0 atom stereocenters. The van der Waals surface area contributed by atoms with Crippen LogP contribution in [0.25, 0.3) is 22.3 Å². The molecule has 7 aromatic rings. The number of rotatable bonds is 7. The van der Waals surface area contributed by atoms with Gasteiger partial charge in [-0.15, -0.1) is 0 Å². The Bertz CT molecular complexity index is 2530. The first-order valence-electron chi connectivity index (χ1n) is 18.1. The first kappa shape index (κ1) is 35.6. The number of hydrogen-bond acceptors (Lipinski definition) is 1. The van der Waals surface area contributed by atoms with E-state index in [1.165, 1.54) is 22.3 Å². The Hall–Kier alpha value is -4.07. The fourth-order valence-corrected chi connectivity index (χ4v) is 13.8. The van der Waals surface area contributed by atoms with Gasteiger partial charge in [0.1, 0.15) is 0 Å². The van der Waals surface area contributed by atoms with Gasteiger partial charge in [0, 0.05) is 48.8 Å². The van der Waals surface area contributed by atoms with E-state index < -0.39 is 7.14 Å². The van der Waals surface area contributed by atoms with Crippen molar-refractivity contribution in [1.29, 1.82) is 0 Å². The summed E-state index contributed by atoms with van der Waals surface area (Å²) in [6.45, 7) is 4.17. The second-order valence-corrected chi connectivity index (χ2v) is 18.7. The lowest BCUT2D eigenvalue weighted by atomic mass is 9.98. The van der Waals surface area contributed by atoms with E-state index in [9.17, 15) is 0 Å². The molecule has 54 heavy (non-hydrogen) atoms. The van der Waals surface area contributed by atoms with Crippen LogP contribution < -0.4 is 15.9 Å². The summed E-state index contributed by atoms with van der Waals surface area (Å²) in [5.74, 6) is 0. The molecule has 7 aromatic carbocycles. The minimum absolute atomic E-state index is 0.424. The van der Waals surface area contributed by atoms with Gasteiger partial charge in [0.2, 0.25) is 0 Å². The molecular formula is C48H35Cl4OP. The molecule has 0 aliphatic heterocycles. The summed E-state index contributed by atoms with van der Waals surface area (Å²) >= 11 is 27.6. The van der Waals surface area contributed by atoms with Crippen LogP contribution in [0.2, 0.25) is 20.1 Å². The maximum atomic E-state index is 17.8. The highest BCUT2D eigenvalue weighted by Crippen LogP contribution is 2.54. The summed E-state index contributed by atoms with van der Waals surface area (Å²) in [5.41, 5.74) is 14.8. The Balaban J connectivity index is 1.43. The Morgan fingerprint density at radius 3 is 1.41 bits per heavy atom. The molecule has 6 heteroatoms. The average Bonchev–Trinajstić information content (AvgIpc) is 3.73. The lowest BCUT2D eigenvalue weighted by Crippen LogP contribution is -2.35. The number of fused-ring (bicyclic) bond motifs is 6. The van der Waals surface area contributed by atoms with E-state index >= 15 is 4.57 Å². The largest absolute Gasteiger partial charge is 0.309 e. The van der Waals surface area contributed by atoms with Gasteiger partial charge in [-0.3, -0.25) is 0 Å². The second-order valence-electron chi connectivity index (χ2n) is 14.5. The summed E-state index contributed by atoms with van der Waals surface area (Å²) in [6.07, 6.45) is 2.18. The first-order chi connectivity index (χ1) is 26.1. The number of halogens is 4. The van der Waals surface area contributed by atoms with Crippen molar-refractivity contribution in [2.75, 3.05) is 0 Å². The molecule has 9 rings (SSSR count). The maximum absolute atomic E-state index is 17.8. The predicted molar refractivity (Wildman–Crippen MR) is 230 cm³/mol. The van der Waals surface area contributed by atoms with Crippen LogP contribution in [-0.4, -0.2) is 0 Å². The lowest BCUT2D eigenvalue weighted by Gasteiger charge is -2.31. The highest BCUT2D eigenvalue weighted by atomic mass is 35.5. The van der Waals surface area contributed by atoms with Gasteiger partial charge in [-0.2, -0.15) is 0 Å². The predicted octanol–water partition coefficient (Wildman–Crippen LogP) is 12.9. The Kier molecular flexibility index (Phi) is 9.17. The first-order valence-corrected chi connectivity index (χ1v) is 21.4. The molecular weight excluding hydrogens is 765 g/mol. The van der Waals surface area contributed by atoms with E-state index in [1.807, 2.05) is 36.4 Å². The third-order valence-corrected chi connectivity index (χ3v) is 16.2. The van der Waals surface area contributed by atoms with Gasteiger partial charge in [-0.1, -0.05) is 149 Å². The van der Waals surface area contributed by atoms with Crippen LogP contribution in [-0.2, 0) is 30.2 Å². The van der Waals surface area contributed by atoms with Gasteiger partial charge < -0.3 is 4.57 Å². The van der Waals surface area contributed by atoms with E-state index in [4.69, 9.17) is 46.4 Å². The van der Waals surface area contributed by atoms with E-state index in [0.29, 0.717) is 45.8 Å². The van der Waals surface area contributed by atoms with Crippen LogP contribution in [0.1, 0.15) is 55.6 Å². The molecule has 0 spiro atoms. The molecule has 0 radical (unpaired) electrons. The van der Waals surface area contributed by atoms with Gasteiger partial charge in [-0.25, -0.2) is 0 Å². The molecule has 2 aliphatic carbocycles. The summed E-state index contributed by atoms with van der Waals surface area (Å²) in [7, 11) is -3.76. The van der Waals surface area contributed by atoms with Crippen molar-refractivity contribution in [3.8, 4) is 22.3 Å². The average molecular weight is 801 g/mol. The van der Waals surface area contributed by atoms with E-state index in [1.54, 1.807) is 0 Å². The molecule has 0 fully saturated rings. The summed E-state index contributed by atoms with van der Waals surface area (Å²) in [4.78, 5) is 0. The summed E-state index contributed by atoms with van der Waals surface area (Å²) in [5, 5.41) is 4.93. The Morgan fingerprint density at radius 2 is 0.944 bits per heavy atom. The van der Waals surface area contributed by atoms with Crippen LogP contribution in [0.3, 0.4) is 0 Å². The second kappa shape index (κ2) is 13.9. The van der Waals surface area contributed by atoms with Crippen molar-refractivity contribution >= 4 is 69.5 Å². The minimum Gasteiger partial charge on any atom is -0.309 e. The Morgan fingerprint density at radius 1 is 0.500 bits per heavy atom. The van der Waals surface area contributed by atoms with Gasteiger partial charge in [0.15, 0.2) is 7.14 Å². The smallest absolute Gasteiger partial charge is 0.172 e. The van der Waals surface area contributed by atoms with Crippen molar-refractivity contribution in [2.45, 2.75) is 39.5 Å². The minimum atomic E-state index is -3.76. The van der Waals surface area contributed by atoms with Crippen LogP contribution in [0, 0.1) is 13.8 Å². The summed E-state index contributed by atoms with van der Waals surface area (Å²) in [6, 6.07) is 43.4. The zero-order chi connectivity index (χ0) is 37.3. The van der Waals surface area contributed by atoms with Gasteiger partial charge >= 0.3 is 0 Å². The topological polar surface area (TPSA) is 17.1 Å². The number of aryl methyl sites for hydroxylation is 2. The monoisotopic (exact) mass is 798 g/mol. The fourth-order valence-electron chi connectivity index (χ4n) is 8.75. The Labute approximate surface area is 336 Å². The quantitative estimate of drug-likeness (QED) is 0.147. The van der Waals surface area contributed by atoms with Crippen molar-refractivity contribution in [3.05, 3.63) is 203 Å². The zero-order valence-electron chi connectivity index (χ0n) is 29.8. The molecule has 0 N–H and O–H groups in total. The molecule has 0 bridgehead atoms. The molecule has 0 unspecified atom stereocenters. The molecule has 2 aliphatic rings. The maximum Gasteiger partial charge on any atom is 0.172 e. The SMILES string of the molecule is Cc1ccc(C)c(P(=O)(c2c(Cc3c(Cl)cccc3Cl)ccc3c2Cc2ccccc2-3)c2c(Cc3c(Cl)cccc3Cl)ccc3c2Cc2ccccc2-3)c1. The molecule has 0 saturated heterocycles. The van der Waals surface area contributed by atoms with Gasteiger partial charge in [0.25, 0.3) is 0 Å². The highest BCUT2D eigenvalue weighted by molar-refractivity contribution is 7.85. The highest BCUT2D eigenvalue weighted by Gasteiger charge is 2.43. The number of hydrogen-bond donors (Lipinski definition) is 0. The third-order valence-electron chi connectivity index (χ3n) is 11.3. The fraction of sp³-hybridized carbons (Fsp3) is 0.125. The molecule has 0 amide bonds. The standard InChI is InChI=1S/C48H35Cl4OP/c1-28-17-18-29(2)46(23-28)54(53,47-32(26-40-42(49)13-7-14-43(40)50)19-21-36-34-11-5-3-9-30(34)24-38(36)47)48-33(27-41-44(51)15-8-16-45(41)52)20-22-37-35-12-6-4-10-31(35)25-39(37)48/h3-23H,24-27H2,1-2H3. The van der Waals surface area contributed by atoms with Crippen molar-refractivity contribution in [3.63, 3.8) is 0 Å². The third kappa shape index (κ3) is 5.80. The van der Waals surface area contributed by atoms with E-state index in [2.05, 4.69) is 105 Å². The van der Waals surface area contributed by atoms with E-state index in [-0.39, 0.29) is 0 Å². The van der Waals surface area contributed by atoms with Crippen molar-refractivity contribution in [1.82, 2.24) is 0 Å². The van der Waals surface area contributed by atoms with Crippen molar-refractivity contribution in [2.24, 2.45) is 0 Å². The molecule has 0 saturated carbocycles. The van der Waals surface area contributed by atoms with Gasteiger partial charge in [0.05, 0.1) is 0 Å². The molecule has 266 valence electrons. The molecule has 1 nitrogen and oxygen atoms in total. The van der Waals surface area contributed by atoms with Crippen LogP contribution in [0.4, 0.5) is 0 Å². The number of benzene rings is 7. The van der Waals surface area contributed by atoms with Crippen molar-refractivity contribution < 1.29 is 4.57 Å². The van der Waals surface area contributed by atoms with Crippen LogP contribution in [0.5, 0.6) is 0 Å². The lowest BCUT2D eigenvalue weighted by molar-refractivity contribution is 0.592. The van der Waals surface area contributed by atoms with Gasteiger partial charge in [-0.05, 0) is 129 Å². The normalized spacial score (nSPS) is 12.7. The van der Waals surface area contributed by atoms with Crippen LogP contribution >= 0.6 is 53.5 Å². The summed E-state index contributed by atoms with van der Waals surface area (Å²) < 4.78 is 17.8. The van der Waals surface area contributed by atoms with Crippen LogP contribution in [0.15, 0.2) is 127 Å². The van der Waals surface area contributed by atoms with E-state index in [0.717, 1.165) is 71.5 Å².